The fourth-order valence-corrected chi connectivity index (χ4v) is 1.12. The molecular weight excluding hydrogens is 144 g/mol. The maximum atomic E-state index is 9.03. The number of allylic oxidation sites excluding steroid dienone is 1. The normalized spacial score (nSPS) is 31.1. The fourth-order valence-electron chi connectivity index (χ4n) is 1.12. The Bertz CT molecular complexity index is 205. The summed E-state index contributed by atoms with van der Waals surface area (Å²) in [7, 11) is 0. The van der Waals surface area contributed by atoms with E-state index in [2.05, 4.69) is 0 Å². The molecule has 0 amide bonds. The molecule has 0 aromatic heterocycles. The standard InChI is InChI=1S/C8H12O3/c1-5-2-7(10)8(11)3-6(5)4-9/h2-3,5-6,9-11H,4H2,1H3. The molecule has 1 aliphatic rings. The Morgan fingerprint density at radius 3 is 2.36 bits per heavy atom. The molecule has 0 saturated carbocycles. The second-order valence-electron chi connectivity index (χ2n) is 2.81. The van der Waals surface area contributed by atoms with Gasteiger partial charge in [-0.3, -0.25) is 0 Å². The predicted octanol–water partition coefficient (Wildman–Crippen LogP) is 1.13. The summed E-state index contributed by atoms with van der Waals surface area (Å²) >= 11 is 0. The van der Waals surface area contributed by atoms with E-state index in [0.29, 0.717) is 0 Å². The second kappa shape index (κ2) is 2.96. The summed E-state index contributed by atoms with van der Waals surface area (Å²) in [5.74, 6) is -0.230. The van der Waals surface area contributed by atoms with Gasteiger partial charge in [-0.05, 0) is 18.1 Å². The molecule has 1 rings (SSSR count). The first-order chi connectivity index (χ1) is 5.15. The second-order valence-corrected chi connectivity index (χ2v) is 2.81. The topological polar surface area (TPSA) is 60.7 Å². The van der Waals surface area contributed by atoms with Crippen LogP contribution < -0.4 is 0 Å². The van der Waals surface area contributed by atoms with E-state index in [-0.39, 0.29) is 30.0 Å². The summed E-state index contributed by atoms with van der Waals surface area (Å²) in [6.45, 7) is 1.87. The first kappa shape index (κ1) is 8.14. The molecule has 0 aromatic rings. The monoisotopic (exact) mass is 156 g/mol. The van der Waals surface area contributed by atoms with Gasteiger partial charge in [-0.1, -0.05) is 6.92 Å². The summed E-state index contributed by atoms with van der Waals surface area (Å²) < 4.78 is 0. The van der Waals surface area contributed by atoms with Crippen molar-refractivity contribution in [3.05, 3.63) is 23.7 Å². The van der Waals surface area contributed by atoms with Crippen molar-refractivity contribution in [3.63, 3.8) is 0 Å². The van der Waals surface area contributed by atoms with Gasteiger partial charge >= 0.3 is 0 Å². The SMILES string of the molecule is CC1C=C(O)C(O)=CC1CO. The minimum absolute atomic E-state index is 0.00495. The number of hydrogen-bond acceptors (Lipinski definition) is 3. The van der Waals surface area contributed by atoms with Crippen LogP contribution in [0.25, 0.3) is 0 Å². The third-order valence-electron chi connectivity index (χ3n) is 1.94. The van der Waals surface area contributed by atoms with Gasteiger partial charge < -0.3 is 15.3 Å². The summed E-state index contributed by atoms with van der Waals surface area (Å²) in [6.07, 6.45) is 3.01. The third-order valence-corrected chi connectivity index (χ3v) is 1.94. The van der Waals surface area contributed by atoms with Crippen molar-refractivity contribution in [1.29, 1.82) is 0 Å². The van der Waals surface area contributed by atoms with E-state index in [4.69, 9.17) is 15.3 Å². The summed E-state index contributed by atoms with van der Waals surface area (Å²) in [5, 5.41) is 26.9. The Morgan fingerprint density at radius 1 is 1.27 bits per heavy atom. The van der Waals surface area contributed by atoms with Crippen LogP contribution in [0.5, 0.6) is 0 Å². The van der Waals surface area contributed by atoms with E-state index in [1.165, 1.54) is 12.2 Å². The third kappa shape index (κ3) is 1.54. The van der Waals surface area contributed by atoms with Gasteiger partial charge in [-0.15, -0.1) is 0 Å². The average molecular weight is 156 g/mol. The van der Waals surface area contributed by atoms with E-state index in [0.717, 1.165) is 0 Å². The Morgan fingerprint density at radius 2 is 1.82 bits per heavy atom. The van der Waals surface area contributed by atoms with Crippen LogP contribution in [0.4, 0.5) is 0 Å². The average Bonchev–Trinajstić information content (AvgIpc) is 1.97. The number of rotatable bonds is 1. The van der Waals surface area contributed by atoms with Gasteiger partial charge in [0.25, 0.3) is 0 Å². The van der Waals surface area contributed by atoms with Gasteiger partial charge in [0.05, 0.1) is 6.61 Å². The van der Waals surface area contributed by atoms with E-state index in [1.807, 2.05) is 6.92 Å². The first-order valence-corrected chi connectivity index (χ1v) is 3.58. The molecule has 0 bridgehead atoms. The van der Waals surface area contributed by atoms with Gasteiger partial charge in [0.2, 0.25) is 0 Å². The number of aliphatic hydroxyl groups excluding tert-OH is 3. The van der Waals surface area contributed by atoms with Crippen molar-refractivity contribution >= 4 is 0 Å². The lowest BCUT2D eigenvalue weighted by Crippen LogP contribution is -2.17. The molecule has 0 aliphatic heterocycles. The molecular formula is C8H12O3. The van der Waals surface area contributed by atoms with Gasteiger partial charge in [0.1, 0.15) is 0 Å². The van der Waals surface area contributed by atoms with Gasteiger partial charge in [0.15, 0.2) is 11.5 Å². The molecule has 1 aliphatic carbocycles. The van der Waals surface area contributed by atoms with Crippen LogP contribution in [0, 0.1) is 11.8 Å². The highest BCUT2D eigenvalue weighted by Gasteiger charge is 2.19. The molecule has 0 aromatic carbocycles. The Kier molecular flexibility index (Phi) is 2.19. The molecule has 0 radical (unpaired) electrons. The Labute approximate surface area is 65.3 Å². The molecule has 0 saturated heterocycles. The van der Waals surface area contributed by atoms with E-state index in [9.17, 15) is 0 Å². The highest BCUT2D eigenvalue weighted by molar-refractivity contribution is 5.24. The molecule has 3 heteroatoms. The molecule has 0 spiro atoms. The van der Waals surface area contributed by atoms with Gasteiger partial charge in [0, 0.05) is 5.92 Å². The van der Waals surface area contributed by atoms with E-state index in [1.54, 1.807) is 0 Å². The zero-order chi connectivity index (χ0) is 8.43. The molecule has 0 heterocycles. The summed E-state index contributed by atoms with van der Waals surface area (Å²) in [6, 6.07) is 0. The lowest BCUT2D eigenvalue weighted by atomic mass is 9.89. The van der Waals surface area contributed by atoms with Crippen LogP contribution >= 0.6 is 0 Å². The van der Waals surface area contributed by atoms with Crippen molar-refractivity contribution in [2.45, 2.75) is 6.92 Å². The van der Waals surface area contributed by atoms with Crippen molar-refractivity contribution in [2.75, 3.05) is 6.61 Å². The van der Waals surface area contributed by atoms with Crippen LogP contribution in [0.1, 0.15) is 6.92 Å². The van der Waals surface area contributed by atoms with E-state index < -0.39 is 0 Å². The Hall–Kier alpha value is -0.960. The molecule has 3 nitrogen and oxygen atoms in total. The molecule has 2 unspecified atom stereocenters. The maximum absolute atomic E-state index is 9.03. The predicted molar refractivity (Wildman–Crippen MR) is 41.2 cm³/mol. The minimum Gasteiger partial charge on any atom is -0.504 e. The minimum atomic E-state index is -0.137. The van der Waals surface area contributed by atoms with Gasteiger partial charge in [-0.25, -0.2) is 0 Å². The lowest BCUT2D eigenvalue weighted by Gasteiger charge is -2.20. The lowest BCUT2D eigenvalue weighted by molar-refractivity contribution is 0.214. The van der Waals surface area contributed by atoms with Crippen molar-refractivity contribution in [2.24, 2.45) is 11.8 Å². The number of aliphatic hydroxyl groups is 3. The molecule has 3 N–H and O–H groups in total. The van der Waals surface area contributed by atoms with Crippen LogP contribution in [0.2, 0.25) is 0 Å². The zero-order valence-corrected chi connectivity index (χ0v) is 6.36. The highest BCUT2D eigenvalue weighted by atomic mass is 16.3. The highest BCUT2D eigenvalue weighted by Crippen LogP contribution is 2.24. The van der Waals surface area contributed by atoms with Crippen molar-refractivity contribution in [3.8, 4) is 0 Å². The molecule has 11 heavy (non-hydrogen) atoms. The first-order valence-electron chi connectivity index (χ1n) is 3.58. The quantitative estimate of drug-likeness (QED) is 0.533. The van der Waals surface area contributed by atoms with Crippen LogP contribution in [0.15, 0.2) is 23.7 Å². The number of hydrogen-bond donors (Lipinski definition) is 3. The summed E-state index contributed by atoms with van der Waals surface area (Å²) in [5.41, 5.74) is 0. The summed E-state index contributed by atoms with van der Waals surface area (Å²) in [4.78, 5) is 0. The molecule has 0 fully saturated rings. The van der Waals surface area contributed by atoms with E-state index >= 15 is 0 Å². The molecule has 2 atom stereocenters. The van der Waals surface area contributed by atoms with Crippen LogP contribution in [-0.4, -0.2) is 21.9 Å². The van der Waals surface area contributed by atoms with Crippen LogP contribution in [-0.2, 0) is 0 Å². The van der Waals surface area contributed by atoms with Crippen molar-refractivity contribution < 1.29 is 15.3 Å². The van der Waals surface area contributed by atoms with Crippen molar-refractivity contribution in [1.82, 2.24) is 0 Å². The molecule has 62 valence electrons. The fraction of sp³-hybridized carbons (Fsp3) is 0.500. The van der Waals surface area contributed by atoms with Gasteiger partial charge in [-0.2, -0.15) is 0 Å². The smallest absolute Gasteiger partial charge is 0.153 e. The van der Waals surface area contributed by atoms with Crippen LogP contribution in [0.3, 0.4) is 0 Å². The Balaban J connectivity index is 2.79. The zero-order valence-electron chi connectivity index (χ0n) is 6.36. The largest absolute Gasteiger partial charge is 0.504 e. The maximum Gasteiger partial charge on any atom is 0.153 e.